The fourth-order valence-corrected chi connectivity index (χ4v) is 4.89. The van der Waals surface area contributed by atoms with Crippen LogP contribution in [0, 0.1) is 0 Å². The van der Waals surface area contributed by atoms with Crippen molar-refractivity contribution in [2.75, 3.05) is 44.4 Å². The molecule has 0 bridgehead atoms. The van der Waals surface area contributed by atoms with Crippen molar-refractivity contribution in [1.29, 1.82) is 0 Å². The molecule has 0 radical (unpaired) electrons. The van der Waals surface area contributed by atoms with Crippen LogP contribution in [-0.4, -0.2) is 56.5 Å². The van der Waals surface area contributed by atoms with Gasteiger partial charge in [0.25, 0.3) is 0 Å². The molecular formula is C20H30IN5OS2. The van der Waals surface area contributed by atoms with Crippen LogP contribution in [0.15, 0.2) is 45.2 Å². The molecule has 1 aromatic heterocycles. The number of guanidine groups is 1. The molecule has 0 saturated carbocycles. The van der Waals surface area contributed by atoms with E-state index in [1.54, 1.807) is 18.4 Å². The SMILES string of the molecule is CN=C(NCCCSc1nccs1)NC1CCCN(c2cccc(OC)c2)C1.I. The van der Waals surface area contributed by atoms with Crippen LogP contribution in [0.2, 0.25) is 0 Å². The van der Waals surface area contributed by atoms with Gasteiger partial charge in [0.2, 0.25) is 0 Å². The Hall–Kier alpha value is -1.20. The van der Waals surface area contributed by atoms with Gasteiger partial charge in [-0.25, -0.2) is 4.98 Å². The van der Waals surface area contributed by atoms with Crippen molar-refractivity contribution >= 4 is 58.7 Å². The van der Waals surface area contributed by atoms with E-state index in [0.29, 0.717) is 6.04 Å². The fourth-order valence-electron chi connectivity index (χ4n) is 3.24. The van der Waals surface area contributed by atoms with Crippen molar-refractivity contribution in [2.45, 2.75) is 29.6 Å². The first-order valence-electron chi connectivity index (χ1n) is 9.67. The number of nitrogens with one attached hydrogen (secondary N) is 2. The van der Waals surface area contributed by atoms with Gasteiger partial charge in [-0.15, -0.1) is 35.3 Å². The molecule has 29 heavy (non-hydrogen) atoms. The number of piperidine rings is 1. The zero-order valence-corrected chi connectivity index (χ0v) is 20.9. The third kappa shape index (κ3) is 7.86. The molecule has 1 aromatic carbocycles. The van der Waals surface area contributed by atoms with Crippen LogP contribution in [0.4, 0.5) is 5.69 Å². The predicted octanol–water partition coefficient (Wildman–Crippen LogP) is 4.09. The largest absolute Gasteiger partial charge is 0.497 e. The van der Waals surface area contributed by atoms with Crippen LogP contribution in [0.25, 0.3) is 0 Å². The molecule has 0 amide bonds. The molecule has 0 aliphatic carbocycles. The van der Waals surface area contributed by atoms with E-state index in [2.05, 4.69) is 43.7 Å². The number of nitrogens with zero attached hydrogens (tertiary/aromatic N) is 3. The quantitative estimate of drug-likeness (QED) is 0.171. The molecule has 1 saturated heterocycles. The van der Waals surface area contributed by atoms with Crippen LogP contribution >= 0.6 is 47.1 Å². The Bertz CT molecular complexity index is 744. The van der Waals surface area contributed by atoms with Gasteiger partial charge in [-0.2, -0.15) is 0 Å². The predicted molar refractivity (Wildman–Crippen MR) is 136 cm³/mol. The first-order valence-corrected chi connectivity index (χ1v) is 11.5. The lowest BCUT2D eigenvalue weighted by Gasteiger charge is -2.35. The lowest BCUT2D eigenvalue weighted by Crippen LogP contribution is -2.51. The first kappa shape index (κ1) is 24.1. The van der Waals surface area contributed by atoms with Crippen molar-refractivity contribution in [1.82, 2.24) is 15.6 Å². The highest BCUT2D eigenvalue weighted by molar-refractivity contribution is 14.0. The van der Waals surface area contributed by atoms with Gasteiger partial charge in [0.05, 0.1) is 7.11 Å². The topological polar surface area (TPSA) is 61.8 Å². The van der Waals surface area contributed by atoms with Crippen LogP contribution in [0.5, 0.6) is 5.75 Å². The van der Waals surface area contributed by atoms with Gasteiger partial charge < -0.3 is 20.3 Å². The summed E-state index contributed by atoms with van der Waals surface area (Å²) in [7, 11) is 3.55. The Kier molecular flexibility index (Phi) is 10.9. The molecule has 6 nitrogen and oxygen atoms in total. The highest BCUT2D eigenvalue weighted by Crippen LogP contribution is 2.24. The fraction of sp³-hybridized carbons (Fsp3) is 0.500. The van der Waals surface area contributed by atoms with Crippen LogP contribution in [0.1, 0.15) is 19.3 Å². The third-order valence-corrected chi connectivity index (χ3v) is 6.71. The van der Waals surface area contributed by atoms with Gasteiger partial charge in [0, 0.05) is 61.8 Å². The average Bonchev–Trinajstić information content (AvgIpc) is 3.26. The average molecular weight is 548 g/mol. The monoisotopic (exact) mass is 547 g/mol. The molecule has 1 unspecified atom stereocenters. The summed E-state index contributed by atoms with van der Waals surface area (Å²) in [5, 5.41) is 9.05. The molecule has 0 spiro atoms. The molecule has 1 atom stereocenters. The molecule has 1 aliphatic rings. The minimum absolute atomic E-state index is 0. The second-order valence-corrected chi connectivity index (χ2v) is 8.87. The first-order chi connectivity index (χ1) is 13.8. The molecular weight excluding hydrogens is 517 g/mol. The molecule has 3 rings (SSSR count). The van der Waals surface area contributed by atoms with Gasteiger partial charge in [0.15, 0.2) is 5.96 Å². The number of hydrogen-bond donors (Lipinski definition) is 2. The molecule has 1 aliphatic heterocycles. The number of halogens is 1. The second kappa shape index (κ2) is 13.2. The lowest BCUT2D eigenvalue weighted by atomic mass is 10.0. The smallest absolute Gasteiger partial charge is 0.191 e. The van der Waals surface area contributed by atoms with E-state index in [9.17, 15) is 0 Å². The van der Waals surface area contributed by atoms with Crippen molar-refractivity contribution in [3.8, 4) is 5.75 Å². The summed E-state index contributed by atoms with van der Waals surface area (Å²) in [5.74, 6) is 2.85. The zero-order valence-electron chi connectivity index (χ0n) is 17.0. The van der Waals surface area contributed by atoms with E-state index in [1.807, 2.05) is 36.5 Å². The summed E-state index contributed by atoms with van der Waals surface area (Å²) < 4.78 is 6.51. The van der Waals surface area contributed by atoms with E-state index < -0.39 is 0 Å². The number of thiazole rings is 1. The van der Waals surface area contributed by atoms with E-state index in [0.717, 1.165) is 60.7 Å². The highest BCUT2D eigenvalue weighted by atomic mass is 127. The summed E-state index contributed by atoms with van der Waals surface area (Å²) in [6.07, 6.45) is 5.25. The Morgan fingerprint density at radius 1 is 1.45 bits per heavy atom. The normalized spacial score (nSPS) is 16.8. The number of methoxy groups -OCH3 is 1. The Morgan fingerprint density at radius 3 is 3.10 bits per heavy atom. The number of ether oxygens (including phenoxy) is 1. The van der Waals surface area contributed by atoms with Gasteiger partial charge >= 0.3 is 0 Å². The molecule has 2 heterocycles. The maximum atomic E-state index is 5.37. The number of aliphatic imine (C=N–C) groups is 1. The van der Waals surface area contributed by atoms with Crippen molar-refractivity contribution in [3.05, 3.63) is 35.8 Å². The molecule has 9 heteroatoms. The van der Waals surface area contributed by atoms with Gasteiger partial charge in [0.1, 0.15) is 10.1 Å². The zero-order chi connectivity index (χ0) is 19.6. The molecule has 1 fully saturated rings. The summed E-state index contributed by atoms with van der Waals surface area (Å²) in [5.41, 5.74) is 1.22. The number of benzene rings is 1. The number of hydrogen-bond acceptors (Lipinski definition) is 6. The Labute approximate surface area is 198 Å². The van der Waals surface area contributed by atoms with Crippen molar-refractivity contribution in [2.24, 2.45) is 4.99 Å². The minimum atomic E-state index is 0. The second-order valence-electron chi connectivity index (χ2n) is 6.63. The van der Waals surface area contributed by atoms with Crippen molar-refractivity contribution in [3.63, 3.8) is 0 Å². The van der Waals surface area contributed by atoms with E-state index in [1.165, 1.54) is 5.69 Å². The van der Waals surface area contributed by atoms with Gasteiger partial charge in [-0.05, 0) is 31.4 Å². The van der Waals surface area contributed by atoms with E-state index in [4.69, 9.17) is 4.74 Å². The number of anilines is 1. The summed E-state index contributed by atoms with van der Waals surface area (Å²) in [6, 6.07) is 8.68. The number of thioether (sulfide) groups is 1. The van der Waals surface area contributed by atoms with E-state index >= 15 is 0 Å². The highest BCUT2D eigenvalue weighted by Gasteiger charge is 2.21. The van der Waals surface area contributed by atoms with Crippen molar-refractivity contribution < 1.29 is 4.74 Å². The standard InChI is InChI=1S/C20H29N5OS2.HI/c1-21-19(22-9-5-12-27-20-23-10-13-28-20)24-16-6-4-11-25(15-16)17-7-3-8-18(14-17)26-2;/h3,7-8,10,13-14,16H,4-6,9,11-12,15H2,1-2H3,(H2,21,22,24);1H. The lowest BCUT2D eigenvalue weighted by molar-refractivity contribution is 0.414. The van der Waals surface area contributed by atoms with Crippen LogP contribution in [-0.2, 0) is 0 Å². The number of aromatic nitrogens is 1. The van der Waals surface area contributed by atoms with Crippen LogP contribution < -0.4 is 20.3 Å². The van der Waals surface area contributed by atoms with Gasteiger partial charge in [-0.1, -0.05) is 17.8 Å². The maximum absolute atomic E-state index is 5.37. The minimum Gasteiger partial charge on any atom is -0.497 e. The molecule has 2 N–H and O–H groups in total. The Morgan fingerprint density at radius 2 is 2.34 bits per heavy atom. The summed E-state index contributed by atoms with van der Waals surface area (Å²) >= 11 is 3.51. The summed E-state index contributed by atoms with van der Waals surface area (Å²) in [6.45, 7) is 2.95. The third-order valence-electron chi connectivity index (χ3n) is 4.65. The molecule has 2 aromatic rings. The van der Waals surface area contributed by atoms with Crippen LogP contribution in [0.3, 0.4) is 0 Å². The summed E-state index contributed by atoms with van der Waals surface area (Å²) in [4.78, 5) is 11.1. The maximum Gasteiger partial charge on any atom is 0.191 e. The molecule has 160 valence electrons. The number of rotatable bonds is 8. The Balaban J connectivity index is 0.00000300. The van der Waals surface area contributed by atoms with E-state index in [-0.39, 0.29) is 24.0 Å². The van der Waals surface area contributed by atoms with Gasteiger partial charge in [-0.3, -0.25) is 4.99 Å².